The van der Waals surface area contributed by atoms with Crippen molar-refractivity contribution in [3.05, 3.63) is 114 Å². The first-order chi connectivity index (χ1) is 14.0. The highest BCUT2D eigenvalue weighted by Crippen LogP contribution is 2.50. The Kier molecular flexibility index (Phi) is 5.12. The molecule has 0 fully saturated rings. The van der Waals surface area contributed by atoms with Crippen LogP contribution < -0.4 is 0 Å². The molecule has 29 heavy (non-hydrogen) atoms. The molecule has 0 radical (unpaired) electrons. The Balaban J connectivity index is 2.01. The van der Waals surface area contributed by atoms with E-state index in [-0.39, 0.29) is 18.4 Å². The van der Waals surface area contributed by atoms with Crippen molar-refractivity contribution < 1.29 is 9.59 Å². The summed E-state index contributed by atoms with van der Waals surface area (Å²) < 4.78 is -0.629. The molecule has 1 unspecified atom stereocenters. The number of rotatable bonds is 3. The molecule has 3 aromatic carbocycles. The van der Waals surface area contributed by atoms with Gasteiger partial charge in [-0.2, -0.15) is 0 Å². The molecule has 1 heterocycles. The van der Waals surface area contributed by atoms with E-state index in [1.165, 1.54) is 11.0 Å². The second kappa shape index (κ2) is 7.72. The summed E-state index contributed by atoms with van der Waals surface area (Å²) in [6.45, 7) is 5.88. The summed E-state index contributed by atoms with van der Waals surface area (Å²) in [6, 6.07) is 25.9. The van der Waals surface area contributed by atoms with E-state index in [1.54, 1.807) is 17.8 Å². The van der Waals surface area contributed by atoms with E-state index >= 15 is 0 Å². The van der Waals surface area contributed by atoms with Crippen LogP contribution in [0.5, 0.6) is 0 Å². The molecule has 0 aliphatic carbocycles. The third-order valence-corrected chi connectivity index (χ3v) is 6.75. The number of hydrogen-bond donors (Lipinski definition) is 0. The summed E-state index contributed by atoms with van der Waals surface area (Å²) in [6.07, 6.45) is 1.21. The number of aryl methyl sites for hydroxylation is 1. The van der Waals surface area contributed by atoms with Gasteiger partial charge in [0.2, 0.25) is 0 Å². The molecule has 0 N–H and O–H groups in total. The van der Waals surface area contributed by atoms with Gasteiger partial charge in [0, 0.05) is 4.90 Å². The number of carbonyl (C=O) groups is 2. The fraction of sp³-hybridized carbons (Fsp3) is 0.120. The van der Waals surface area contributed by atoms with Crippen LogP contribution in [0.25, 0.3) is 0 Å². The molecule has 0 spiro atoms. The van der Waals surface area contributed by atoms with Gasteiger partial charge in [-0.05, 0) is 36.3 Å². The number of thioether (sulfide) groups is 1. The highest BCUT2D eigenvalue weighted by Gasteiger charge is 2.43. The first kappa shape index (κ1) is 19.2. The largest absolute Gasteiger partial charge is 0.273 e. The standard InChI is InChI=1S/C25H21NO2S/c1-3-23(27)26-17-25(19-9-5-4-6-10-19,20-15-13-18(2)14-16-20)29-22-12-8-7-11-21(22)24(26)28/h3-16H,1,17H2,2H3. The van der Waals surface area contributed by atoms with Crippen LogP contribution >= 0.6 is 11.8 Å². The molecule has 3 nitrogen and oxygen atoms in total. The van der Waals surface area contributed by atoms with Gasteiger partial charge in [-0.3, -0.25) is 14.5 Å². The van der Waals surface area contributed by atoms with Gasteiger partial charge in [0.1, 0.15) is 0 Å². The molecule has 144 valence electrons. The van der Waals surface area contributed by atoms with Crippen molar-refractivity contribution in [3.63, 3.8) is 0 Å². The molecule has 1 aliphatic heterocycles. The maximum Gasteiger partial charge on any atom is 0.261 e. The van der Waals surface area contributed by atoms with Crippen LogP contribution in [0, 0.1) is 6.92 Å². The van der Waals surface area contributed by atoms with Crippen LogP contribution in [-0.4, -0.2) is 23.3 Å². The third kappa shape index (κ3) is 3.40. The zero-order chi connectivity index (χ0) is 20.4. The Labute approximate surface area is 175 Å². The Bertz CT molecular complexity index is 1080. The van der Waals surface area contributed by atoms with Gasteiger partial charge in [-0.25, -0.2) is 0 Å². The second-order valence-electron chi connectivity index (χ2n) is 7.09. The van der Waals surface area contributed by atoms with Crippen molar-refractivity contribution in [2.24, 2.45) is 0 Å². The number of nitrogens with zero attached hydrogens (tertiary/aromatic N) is 1. The highest BCUT2D eigenvalue weighted by atomic mass is 32.2. The van der Waals surface area contributed by atoms with Gasteiger partial charge in [-0.1, -0.05) is 78.9 Å². The normalized spacial score (nSPS) is 18.7. The van der Waals surface area contributed by atoms with Crippen molar-refractivity contribution in [1.82, 2.24) is 4.90 Å². The van der Waals surface area contributed by atoms with Crippen molar-refractivity contribution in [2.75, 3.05) is 6.54 Å². The SMILES string of the molecule is C=CC(=O)N1CC(c2ccccc2)(c2ccc(C)cc2)Sc2ccccc2C1=O. The maximum atomic E-state index is 13.3. The zero-order valence-corrected chi connectivity index (χ0v) is 17.0. The Morgan fingerprint density at radius 1 is 0.966 bits per heavy atom. The maximum absolute atomic E-state index is 13.3. The first-order valence-electron chi connectivity index (χ1n) is 9.44. The van der Waals surface area contributed by atoms with Gasteiger partial charge in [-0.15, -0.1) is 11.8 Å². The van der Waals surface area contributed by atoms with E-state index in [9.17, 15) is 9.59 Å². The summed E-state index contributed by atoms with van der Waals surface area (Å²) in [5.74, 6) is -0.678. The smallest absolute Gasteiger partial charge is 0.261 e. The minimum absolute atomic E-state index is 0.225. The highest BCUT2D eigenvalue weighted by molar-refractivity contribution is 8.00. The summed E-state index contributed by atoms with van der Waals surface area (Å²) in [5.41, 5.74) is 3.79. The lowest BCUT2D eigenvalue weighted by molar-refractivity contribution is -0.123. The Morgan fingerprint density at radius 3 is 2.28 bits per heavy atom. The molecule has 4 heteroatoms. The molecule has 3 aromatic rings. The van der Waals surface area contributed by atoms with Gasteiger partial charge >= 0.3 is 0 Å². The fourth-order valence-electron chi connectivity index (χ4n) is 3.68. The minimum Gasteiger partial charge on any atom is -0.273 e. The number of carbonyl (C=O) groups excluding carboxylic acids is 2. The third-order valence-electron chi connectivity index (χ3n) is 5.23. The van der Waals surface area contributed by atoms with Gasteiger partial charge in [0.05, 0.1) is 16.9 Å². The summed E-state index contributed by atoms with van der Waals surface area (Å²) in [5, 5.41) is 0. The summed E-state index contributed by atoms with van der Waals surface area (Å²) >= 11 is 1.62. The summed E-state index contributed by atoms with van der Waals surface area (Å²) in [4.78, 5) is 28.2. The monoisotopic (exact) mass is 399 g/mol. The number of hydrogen-bond acceptors (Lipinski definition) is 3. The predicted octanol–water partition coefficient (Wildman–Crippen LogP) is 5.20. The van der Waals surface area contributed by atoms with Crippen LogP contribution in [0.15, 0.2) is 96.4 Å². The molecule has 1 aliphatic rings. The van der Waals surface area contributed by atoms with E-state index in [1.807, 2.05) is 43.3 Å². The molecule has 4 rings (SSSR count). The summed E-state index contributed by atoms with van der Waals surface area (Å²) in [7, 11) is 0. The van der Waals surface area contributed by atoms with Crippen molar-refractivity contribution in [1.29, 1.82) is 0 Å². The van der Waals surface area contributed by atoms with Crippen LogP contribution in [0.4, 0.5) is 0 Å². The van der Waals surface area contributed by atoms with E-state index < -0.39 is 4.75 Å². The van der Waals surface area contributed by atoms with Gasteiger partial charge in [0.25, 0.3) is 11.8 Å². The van der Waals surface area contributed by atoms with Crippen LogP contribution in [-0.2, 0) is 9.54 Å². The quantitative estimate of drug-likeness (QED) is 0.568. The van der Waals surface area contributed by atoms with Gasteiger partial charge in [0.15, 0.2) is 0 Å². The van der Waals surface area contributed by atoms with Crippen molar-refractivity contribution >= 4 is 23.6 Å². The van der Waals surface area contributed by atoms with E-state index in [0.29, 0.717) is 5.56 Å². The van der Waals surface area contributed by atoms with Crippen molar-refractivity contribution in [3.8, 4) is 0 Å². The van der Waals surface area contributed by atoms with Crippen LogP contribution in [0.1, 0.15) is 27.0 Å². The van der Waals surface area contributed by atoms with Crippen LogP contribution in [0.2, 0.25) is 0 Å². The molecule has 0 saturated heterocycles. The lowest BCUT2D eigenvalue weighted by Gasteiger charge is -2.36. The molecule has 0 saturated carbocycles. The Morgan fingerprint density at radius 2 is 1.59 bits per heavy atom. The lowest BCUT2D eigenvalue weighted by Crippen LogP contribution is -2.44. The van der Waals surface area contributed by atoms with Crippen molar-refractivity contribution in [2.45, 2.75) is 16.6 Å². The average Bonchev–Trinajstić information content (AvgIpc) is 2.90. The number of amides is 2. The van der Waals surface area contributed by atoms with E-state index in [0.717, 1.165) is 21.6 Å². The second-order valence-corrected chi connectivity index (χ2v) is 8.43. The lowest BCUT2D eigenvalue weighted by atomic mass is 9.89. The molecule has 0 bridgehead atoms. The fourth-order valence-corrected chi connectivity index (χ4v) is 5.17. The predicted molar refractivity (Wildman–Crippen MR) is 117 cm³/mol. The Hall–Kier alpha value is -3.11. The van der Waals surface area contributed by atoms with E-state index in [4.69, 9.17) is 0 Å². The zero-order valence-electron chi connectivity index (χ0n) is 16.2. The van der Waals surface area contributed by atoms with Gasteiger partial charge < -0.3 is 0 Å². The van der Waals surface area contributed by atoms with Crippen LogP contribution in [0.3, 0.4) is 0 Å². The topological polar surface area (TPSA) is 37.4 Å². The van der Waals surface area contributed by atoms with E-state index in [2.05, 4.69) is 43.0 Å². The molecular weight excluding hydrogens is 378 g/mol. The average molecular weight is 400 g/mol. The molecule has 0 aromatic heterocycles. The minimum atomic E-state index is -0.629. The number of benzene rings is 3. The number of imide groups is 1. The number of fused-ring (bicyclic) bond motifs is 1. The molecule has 1 atom stereocenters. The first-order valence-corrected chi connectivity index (χ1v) is 10.3. The molecular formula is C25H21NO2S. The molecule has 2 amide bonds.